The molecule has 26 heavy (non-hydrogen) atoms. The molecule has 1 aliphatic rings. The lowest BCUT2D eigenvalue weighted by atomic mass is 10.0. The molecule has 0 unspecified atom stereocenters. The van der Waals surface area contributed by atoms with E-state index in [-0.39, 0.29) is 5.75 Å². The second-order valence-corrected chi connectivity index (χ2v) is 6.53. The highest BCUT2D eigenvalue weighted by molar-refractivity contribution is 6.02. The van der Waals surface area contributed by atoms with Crippen molar-refractivity contribution in [2.75, 3.05) is 26.3 Å². The molecular weight excluding hydrogens is 324 g/mol. The number of phenolic OH excluding ortho intramolecular Hbond substituents is 1. The van der Waals surface area contributed by atoms with E-state index in [4.69, 9.17) is 4.74 Å². The van der Waals surface area contributed by atoms with E-state index in [9.17, 15) is 5.11 Å². The van der Waals surface area contributed by atoms with Gasteiger partial charge in [0.2, 0.25) is 0 Å². The first-order chi connectivity index (χ1) is 12.8. The Labute approximate surface area is 153 Å². The number of hydrogen-bond donors (Lipinski definition) is 1. The minimum Gasteiger partial charge on any atom is -0.507 e. The first kappa shape index (κ1) is 16.8. The molecular formula is C22H22N2O2. The van der Waals surface area contributed by atoms with Crippen LogP contribution in [0.1, 0.15) is 11.1 Å². The summed E-state index contributed by atoms with van der Waals surface area (Å²) >= 11 is 0. The number of nitrogens with zero attached hydrogens (tertiary/aromatic N) is 2. The van der Waals surface area contributed by atoms with Crippen molar-refractivity contribution in [2.24, 2.45) is 4.99 Å². The molecule has 4 rings (SSSR count). The van der Waals surface area contributed by atoms with Crippen molar-refractivity contribution in [3.8, 4) is 5.75 Å². The van der Waals surface area contributed by atoms with Gasteiger partial charge in [-0.1, -0.05) is 42.5 Å². The van der Waals surface area contributed by atoms with Crippen molar-refractivity contribution in [2.45, 2.75) is 6.54 Å². The Morgan fingerprint density at radius 2 is 1.73 bits per heavy atom. The van der Waals surface area contributed by atoms with Crippen LogP contribution in [0.25, 0.3) is 10.8 Å². The number of ether oxygens (including phenoxy) is 1. The summed E-state index contributed by atoms with van der Waals surface area (Å²) in [6, 6.07) is 19.9. The first-order valence-corrected chi connectivity index (χ1v) is 8.93. The van der Waals surface area contributed by atoms with Crippen molar-refractivity contribution in [1.29, 1.82) is 0 Å². The molecule has 0 spiro atoms. The van der Waals surface area contributed by atoms with Gasteiger partial charge in [0.25, 0.3) is 0 Å². The monoisotopic (exact) mass is 346 g/mol. The maximum absolute atomic E-state index is 10.2. The van der Waals surface area contributed by atoms with Gasteiger partial charge in [0.05, 0.1) is 18.9 Å². The molecule has 1 saturated heterocycles. The summed E-state index contributed by atoms with van der Waals surface area (Å²) in [4.78, 5) is 6.96. The molecule has 0 aliphatic carbocycles. The van der Waals surface area contributed by atoms with E-state index in [0.717, 1.165) is 54.9 Å². The van der Waals surface area contributed by atoms with Crippen molar-refractivity contribution in [3.05, 3.63) is 71.8 Å². The predicted molar refractivity (Wildman–Crippen MR) is 105 cm³/mol. The van der Waals surface area contributed by atoms with Crippen molar-refractivity contribution >= 4 is 22.7 Å². The van der Waals surface area contributed by atoms with Crippen molar-refractivity contribution in [3.63, 3.8) is 0 Å². The molecule has 3 aromatic carbocycles. The number of morpholine rings is 1. The molecule has 4 heteroatoms. The molecule has 0 radical (unpaired) electrons. The number of hydrogen-bond acceptors (Lipinski definition) is 4. The summed E-state index contributed by atoms with van der Waals surface area (Å²) < 4.78 is 5.39. The molecule has 4 nitrogen and oxygen atoms in total. The van der Waals surface area contributed by atoms with Crippen LogP contribution >= 0.6 is 0 Å². The Balaban J connectivity index is 1.51. The van der Waals surface area contributed by atoms with Gasteiger partial charge >= 0.3 is 0 Å². The highest BCUT2D eigenvalue weighted by atomic mass is 16.5. The van der Waals surface area contributed by atoms with Gasteiger partial charge in [0, 0.05) is 31.4 Å². The van der Waals surface area contributed by atoms with Crippen LogP contribution in [0.15, 0.2) is 65.7 Å². The van der Waals surface area contributed by atoms with E-state index in [1.807, 2.05) is 42.5 Å². The molecule has 0 aromatic heterocycles. The highest BCUT2D eigenvalue weighted by Crippen LogP contribution is 2.26. The Hall–Kier alpha value is -2.69. The standard InChI is InChI=1S/C22H22N2O2/c25-22-10-7-18-3-1-2-4-20(18)21(22)15-23-19-8-5-17(6-9-19)16-24-11-13-26-14-12-24/h1-10,15,25H,11-14,16H2. The third-order valence-electron chi connectivity index (χ3n) is 4.74. The molecule has 1 N–H and O–H groups in total. The van der Waals surface area contributed by atoms with Gasteiger partial charge in [-0.2, -0.15) is 0 Å². The van der Waals surface area contributed by atoms with E-state index in [1.165, 1.54) is 5.56 Å². The van der Waals surface area contributed by atoms with E-state index in [0.29, 0.717) is 0 Å². The summed E-state index contributed by atoms with van der Waals surface area (Å²) in [5.74, 6) is 0.247. The number of benzene rings is 3. The third-order valence-corrected chi connectivity index (χ3v) is 4.74. The molecule has 0 amide bonds. The van der Waals surface area contributed by atoms with E-state index in [2.05, 4.69) is 22.0 Å². The summed E-state index contributed by atoms with van der Waals surface area (Å²) in [7, 11) is 0. The van der Waals surface area contributed by atoms with Crippen LogP contribution in [-0.4, -0.2) is 42.5 Å². The number of phenols is 1. The van der Waals surface area contributed by atoms with Gasteiger partial charge in [-0.05, 0) is 34.5 Å². The highest BCUT2D eigenvalue weighted by Gasteiger charge is 2.10. The predicted octanol–water partition coefficient (Wildman–Crippen LogP) is 4.13. The second-order valence-electron chi connectivity index (χ2n) is 6.53. The minimum absolute atomic E-state index is 0.247. The van der Waals surface area contributed by atoms with Gasteiger partial charge in [-0.3, -0.25) is 9.89 Å². The second kappa shape index (κ2) is 7.68. The van der Waals surface area contributed by atoms with Gasteiger partial charge in [0.15, 0.2) is 0 Å². The summed E-state index contributed by atoms with van der Waals surface area (Å²) in [6.45, 7) is 4.55. The molecule has 1 heterocycles. The SMILES string of the molecule is Oc1ccc2ccccc2c1C=Nc1ccc(CN2CCOCC2)cc1. The number of fused-ring (bicyclic) bond motifs is 1. The topological polar surface area (TPSA) is 45.1 Å². The molecule has 1 aliphatic heterocycles. The maximum Gasteiger partial charge on any atom is 0.124 e. The number of aromatic hydroxyl groups is 1. The largest absolute Gasteiger partial charge is 0.507 e. The van der Waals surface area contributed by atoms with Crippen LogP contribution in [0.5, 0.6) is 5.75 Å². The van der Waals surface area contributed by atoms with Crippen molar-refractivity contribution < 1.29 is 9.84 Å². The van der Waals surface area contributed by atoms with E-state index < -0.39 is 0 Å². The lowest BCUT2D eigenvalue weighted by Crippen LogP contribution is -2.35. The molecule has 1 fully saturated rings. The smallest absolute Gasteiger partial charge is 0.124 e. The first-order valence-electron chi connectivity index (χ1n) is 8.93. The van der Waals surface area contributed by atoms with Gasteiger partial charge in [-0.15, -0.1) is 0 Å². The molecule has 0 atom stereocenters. The van der Waals surface area contributed by atoms with E-state index in [1.54, 1.807) is 12.3 Å². The lowest BCUT2D eigenvalue weighted by Gasteiger charge is -2.26. The molecule has 132 valence electrons. The Morgan fingerprint density at radius 1 is 0.962 bits per heavy atom. The van der Waals surface area contributed by atoms with Crippen LogP contribution in [-0.2, 0) is 11.3 Å². The van der Waals surface area contributed by atoms with Crippen LogP contribution < -0.4 is 0 Å². The third kappa shape index (κ3) is 3.77. The zero-order valence-corrected chi connectivity index (χ0v) is 14.6. The van der Waals surface area contributed by atoms with E-state index >= 15 is 0 Å². The van der Waals surface area contributed by atoms with Crippen LogP contribution in [0, 0.1) is 0 Å². The maximum atomic E-state index is 10.2. The fourth-order valence-electron chi connectivity index (χ4n) is 3.26. The molecule has 3 aromatic rings. The summed E-state index contributed by atoms with van der Waals surface area (Å²) in [6.07, 6.45) is 1.74. The quantitative estimate of drug-likeness (QED) is 0.723. The van der Waals surface area contributed by atoms with Crippen molar-refractivity contribution in [1.82, 2.24) is 4.90 Å². The summed E-state index contributed by atoms with van der Waals surface area (Å²) in [5, 5.41) is 12.3. The van der Waals surface area contributed by atoms with Crippen LogP contribution in [0.3, 0.4) is 0 Å². The zero-order chi connectivity index (χ0) is 17.8. The zero-order valence-electron chi connectivity index (χ0n) is 14.6. The number of aliphatic imine (C=N–C) groups is 1. The fraction of sp³-hybridized carbons (Fsp3) is 0.227. The average molecular weight is 346 g/mol. The van der Waals surface area contributed by atoms with Crippen LogP contribution in [0.4, 0.5) is 5.69 Å². The Bertz CT molecular complexity index is 913. The lowest BCUT2D eigenvalue weighted by molar-refractivity contribution is 0.0342. The van der Waals surface area contributed by atoms with Gasteiger partial charge in [0.1, 0.15) is 5.75 Å². The Morgan fingerprint density at radius 3 is 2.54 bits per heavy atom. The summed E-state index contributed by atoms with van der Waals surface area (Å²) in [5.41, 5.74) is 2.91. The normalized spacial score (nSPS) is 15.7. The van der Waals surface area contributed by atoms with Gasteiger partial charge in [-0.25, -0.2) is 0 Å². The average Bonchev–Trinajstić information content (AvgIpc) is 2.69. The number of rotatable bonds is 4. The van der Waals surface area contributed by atoms with Gasteiger partial charge < -0.3 is 9.84 Å². The Kier molecular flexibility index (Phi) is 4.95. The molecule has 0 bridgehead atoms. The van der Waals surface area contributed by atoms with Crippen LogP contribution in [0.2, 0.25) is 0 Å². The molecule has 0 saturated carbocycles. The fourth-order valence-corrected chi connectivity index (χ4v) is 3.26. The minimum atomic E-state index is 0.247.